The Labute approximate surface area is 168 Å². The summed E-state index contributed by atoms with van der Waals surface area (Å²) in [6.45, 7) is 2.50. The average Bonchev–Trinajstić information content (AvgIpc) is 2.76. The maximum atomic E-state index is 12.4. The van der Waals surface area contributed by atoms with E-state index in [9.17, 15) is 18.7 Å². The van der Waals surface area contributed by atoms with E-state index in [-0.39, 0.29) is 22.0 Å². The van der Waals surface area contributed by atoms with Gasteiger partial charge in [0, 0.05) is 16.1 Å². The molecular formula is C20H17ClO6S. The van der Waals surface area contributed by atoms with Crippen molar-refractivity contribution in [1.82, 2.24) is 0 Å². The summed E-state index contributed by atoms with van der Waals surface area (Å²) in [6, 6.07) is 9.26. The summed E-state index contributed by atoms with van der Waals surface area (Å²) in [5.41, 5.74) is 1.13. The van der Waals surface area contributed by atoms with Gasteiger partial charge in [0.1, 0.15) is 10.5 Å². The van der Waals surface area contributed by atoms with Crippen LogP contribution in [0.2, 0.25) is 5.02 Å². The van der Waals surface area contributed by atoms with Crippen molar-refractivity contribution < 1.29 is 28.5 Å². The Morgan fingerprint density at radius 3 is 2.57 bits per heavy atom. The van der Waals surface area contributed by atoms with Crippen LogP contribution in [0.1, 0.15) is 35.3 Å². The van der Waals surface area contributed by atoms with Gasteiger partial charge in [-0.1, -0.05) is 23.4 Å². The molecule has 1 aliphatic heterocycles. The SMILES string of the molecule is CC1(C)C(=O)c2ccc(C#Cc3cc(Cl)ccc3OCC(=O)O)cc2S1(O)O. The van der Waals surface area contributed by atoms with Crippen molar-refractivity contribution in [2.45, 2.75) is 23.5 Å². The molecule has 0 saturated heterocycles. The van der Waals surface area contributed by atoms with E-state index in [2.05, 4.69) is 11.8 Å². The largest absolute Gasteiger partial charge is 0.481 e. The lowest BCUT2D eigenvalue weighted by atomic mass is 10.00. The number of halogens is 1. The average molecular weight is 421 g/mol. The van der Waals surface area contributed by atoms with Crippen molar-refractivity contribution in [3.63, 3.8) is 0 Å². The van der Waals surface area contributed by atoms with Gasteiger partial charge >= 0.3 is 5.97 Å². The molecular weight excluding hydrogens is 404 g/mol. The number of hydrogen-bond acceptors (Lipinski definition) is 5. The van der Waals surface area contributed by atoms with Crippen molar-refractivity contribution in [2.24, 2.45) is 0 Å². The van der Waals surface area contributed by atoms with Crippen LogP contribution in [0.3, 0.4) is 0 Å². The number of carboxylic acid groups (broad SMARTS) is 1. The van der Waals surface area contributed by atoms with Gasteiger partial charge in [-0.3, -0.25) is 13.9 Å². The summed E-state index contributed by atoms with van der Waals surface area (Å²) >= 11 is 5.98. The number of carbonyl (C=O) groups is 2. The molecule has 3 rings (SSSR count). The maximum absolute atomic E-state index is 12.4. The van der Waals surface area contributed by atoms with Gasteiger partial charge in [0.2, 0.25) is 0 Å². The molecule has 0 atom stereocenters. The highest BCUT2D eigenvalue weighted by molar-refractivity contribution is 8.26. The van der Waals surface area contributed by atoms with E-state index in [0.717, 1.165) is 0 Å². The molecule has 2 aromatic rings. The first-order valence-corrected chi connectivity index (χ1v) is 10.1. The highest BCUT2D eigenvalue weighted by atomic mass is 35.5. The third kappa shape index (κ3) is 3.48. The first kappa shape index (κ1) is 20.2. The van der Waals surface area contributed by atoms with Gasteiger partial charge in [-0.05, 0) is 50.2 Å². The molecule has 0 radical (unpaired) electrons. The molecule has 146 valence electrons. The molecule has 2 aromatic carbocycles. The minimum atomic E-state index is -3.30. The number of ether oxygens (including phenoxy) is 1. The van der Waals surface area contributed by atoms with Crippen LogP contribution in [0.25, 0.3) is 0 Å². The van der Waals surface area contributed by atoms with E-state index in [1.54, 1.807) is 18.2 Å². The second-order valence-electron chi connectivity index (χ2n) is 6.67. The normalized spacial score (nSPS) is 17.2. The van der Waals surface area contributed by atoms with Crippen LogP contribution in [0.5, 0.6) is 5.75 Å². The Morgan fingerprint density at radius 1 is 1.18 bits per heavy atom. The van der Waals surface area contributed by atoms with Crippen LogP contribution in [0.15, 0.2) is 41.3 Å². The zero-order valence-electron chi connectivity index (χ0n) is 15.0. The topological polar surface area (TPSA) is 104 Å². The van der Waals surface area contributed by atoms with Crippen molar-refractivity contribution >= 4 is 33.9 Å². The first-order valence-electron chi connectivity index (χ1n) is 8.17. The fraction of sp³-hybridized carbons (Fsp3) is 0.200. The Kier molecular flexibility index (Phi) is 5.17. The first-order chi connectivity index (χ1) is 13.0. The van der Waals surface area contributed by atoms with Crippen LogP contribution >= 0.6 is 22.2 Å². The lowest BCUT2D eigenvalue weighted by Crippen LogP contribution is -2.31. The summed E-state index contributed by atoms with van der Waals surface area (Å²) in [4.78, 5) is 23.3. The predicted molar refractivity (Wildman–Crippen MR) is 107 cm³/mol. The lowest BCUT2D eigenvalue weighted by molar-refractivity contribution is -0.139. The number of carboxylic acids is 1. The van der Waals surface area contributed by atoms with E-state index in [1.165, 1.54) is 32.0 Å². The van der Waals surface area contributed by atoms with Gasteiger partial charge in [0.15, 0.2) is 12.4 Å². The number of hydrogen-bond donors (Lipinski definition) is 3. The van der Waals surface area contributed by atoms with Crippen molar-refractivity contribution in [3.05, 3.63) is 58.1 Å². The molecule has 28 heavy (non-hydrogen) atoms. The van der Waals surface area contributed by atoms with Gasteiger partial charge in [0.25, 0.3) is 0 Å². The highest BCUT2D eigenvalue weighted by Crippen LogP contribution is 2.65. The van der Waals surface area contributed by atoms with Crippen LogP contribution in [-0.2, 0) is 4.79 Å². The van der Waals surface area contributed by atoms with Crippen LogP contribution in [0, 0.1) is 11.8 Å². The molecule has 0 unspecified atom stereocenters. The molecule has 0 bridgehead atoms. The van der Waals surface area contributed by atoms with E-state index in [4.69, 9.17) is 21.4 Å². The second kappa shape index (κ2) is 7.15. The molecule has 0 aliphatic carbocycles. The molecule has 0 spiro atoms. The number of ketones is 1. The van der Waals surface area contributed by atoms with E-state index in [1.807, 2.05) is 0 Å². The maximum Gasteiger partial charge on any atom is 0.341 e. The third-order valence-corrected chi connectivity index (χ3v) is 7.22. The van der Waals surface area contributed by atoms with Gasteiger partial charge < -0.3 is 9.84 Å². The number of carbonyl (C=O) groups excluding carboxylic acids is 1. The fourth-order valence-corrected chi connectivity index (χ4v) is 4.61. The quantitative estimate of drug-likeness (QED) is 0.640. The minimum absolute atomic E-state index is 0.183. The Morgan fingerprint density at radius 2 is 1.89 bits per heavy atom. The number of aliphatic carboxylic acids is 1. The predicted octanol–water partition coefficient (Wildman–Crippen LogP) is 4.29. The fourth-order valence-electron chi connectivity index (χ4n) is 2.76. The summed E-state index contributed by atoms with van der Waals surface area (Å²) in [7, 11) is -3.30. The van der Waals surface area contributed by atoms with Gasteiger partial charge in [-0.2, -0.15) is 10.6 Å². The molecule has 0 fully saturated rings. The second-order valence-corrected chi connectivity index (χ2v) is 9.67. The molecule has 0 aromatic heterocycles. The van der Waals surface area contributed by atoms with E-state index < -0.39 is 27.9 Å². The van der Waals surface area contributed by atoms with E-state index >= 15 is 0 Å². The van der Waals surface area contributed by atoms with E-state index in [0.29, 0.717) is 16.1 Å². The number of rotatable bonds is 3. The Balaban J connectivity index is 1.99. The Hall–Kier alpha value is -2.50. The Bertz CT molecular complexity index is 1050. The van der Waals surface area contributed by atoms with Crippen molar-refractivity contribution in [1.29, 1.82) is 0 Å². The molecule has 1 aliphatic rings. The lowest BCUT2D eigenvalue weighted by Gasteiger charge is -2.39. The summed E-state index contributed by atoms with van der Waals surface area (Å²) in [5, 5.41) is 9.18. The molecule has 3 N–H and O–H groups in total. The number of Topliss-reactive ketones (excluding diaryl/α,β-unsaturated/α-hetero) is 1. The molecule has 6 nitrogen and oxygen atoms in total. The van der Waals surface area contributed by atoms with Gasteiger partial charge in [0.05, 0.1) is 10.5 Å². The number of benzene rings is 2. The molecule has 1 heterocycles. The standard InChI is InChI=1S/C20H17ClO6S/c1-20(2)19(24)15-7-4-12(9-17(15)28(20,25)26)3-5-13-10-14(21)6-8-16(13)27-11-18(22)23/h4,6-10,25-26H,11H2,1-2H3,(H,22,23). The van der Waals surface area contributed by atoms with Gasteiger partial charge in [-0.15, -0.1) is 0 Å². The summed E-state index contributed by atoms with van der Waals surface area (Å²) < 4.78 is 25.0. The molecule has 0 amide bonds. The smallest absolute Gasteiger partial charge is 0.341 e. The third-order valence-electron chi connectivity index (χ3n) is 4.43. The molecule has 8 heteroatoms. The van der Waals surface area contributed by atoms with Gasteiger partial charge in [-0.25, -0.2) is 4.79 Å². The van der Waals surface area contributed by atoms with Crippen molar-refractivity contribution in [2.75, 3.05) is 6.61 Å². The zero-order chi connectivity index (χ0) is 20.7. The van der Waals surface area contributed by atoms with Crippen LogP contribution in [-0.4, -0.2) is 37.3 Å². The highest BCUT2D eigenvalue weighted by Gasteiger charge is 2.51. The zero-order valence-corrected chi connectivity index (χ0v) is 16.6. The van der Waals surface area contributed by atoms with Crippen LogP contribution in [0.4, 0.5) is 0 Å². The van der Waals surface area contributed by atoms with Crippen LogP contribution < -0.4 is 4.74 Å². The summed E-state index contributed by atoms with van der Waals surface area (Å²) in [6.07, 6.45) is 0. The van der Waals surface area contributed by atoms with Crippen molar-refractivity contribution in [3.8, 4) is 17.6 Å². The molecule has 0 saturated carbocycles. The minimum Gasteiger partial charge on any atom is -0.481 e. The monoisotopic (exact) mass is 420 g/mol. The summed E-state index contributed by atoms with van der Waals surface area (Å²) in [5.74, 6) is 4.55. The number of fused-ring (bicyclic) bond motifs is 1.